The van der Waals surface area contributed by atoms with Crippen LogP contribution in [-0.4, -0.2) is 24.3 Å². The Balaban J connectivity index is 2.02. The van der Waals surface area contributed by atoms with Gasteiger partial charge in [0.25, 0.3) is 5.69 Å². The number of aryl methyl sites for hydroxylation is 1. The smallest absolute Gasteiger partial charge is 0.270 e. The Kier molecular flexibility index (Phi) is 2.52. The lowest BCUT2D eigenvalue weighted by Crippen LogP contribution is -2.04. The Morgan fingerprint density at radius 3 is 2.89 bits per heavy atom. The first-order valence-corrected chi connectivity index (χ1v) is 5.71. The maximum absolute atomic E-state index is 10.7. The minimum absolute atomic E-state index is 0.101. The van der Waals surface area contributed by atoms with E-state index in [2.05, 4.69) is 10.2 Å². The molecule has 0 saturated carbocycles. The number of hydrogen-bond acceptors (Lipinski definition) is 4. The van der Waals surface area contributed by atoms with E-state index < -0.39 is 0 Å². The van der Waals surface area contributed by atoms with Crippen LogP contribution in [0.1, 0.15) is 5.82 Å². The average molecular weight is 257 g/mol. The van der Waals surface area contributed by atoms with Crippen LogP contribution in [0.4, 0.5) is 5.69 Å². The highest BCUT2D eigenvalue weighted by Crippen LogP contribution is 2.22. The van der Waals surface area contributed by atoms with Gasteiger partial charge in [-0.1, -0.05) is 0 Å². The summed E-state index contributed by atoms with van der Waals surface area (Å²) < 4.78 is 3.83. The van der Waals surface area contributed by atoms with E-state index in [9.17, 15) is 10.1 Å². The van der Waals surface area contributed by atoms with Crippen LogP contribution in [0, 0.1) is 10.1 Å². The molecule has 0 radical (unpaired) electrons. The van der Waals surface area contributed by atoms with Gasteiger partial charge in [0.2, 0.25) is 0 Å². The van der Waals surface area contributed by atoms with Gasteiger partial charge in [0.15, 0.2) is 5.82 Å². The van der Waals surface area contributed by atoms with Crippen molar-refractivity contribution in [3.05, 3.63) is 52.7 Å². The molecule has 0 atom stereocenters. The summed E-state index contributed by atoms with van der Waals surface area (Å²) in [6.45, 7) is 0.581. The van der Waals surface area contributed by atoms with Crippen molar-refractivity contribution in [3.8, 4) is 0 Å². The first-order chi connectivity index (χ1) is 9.15. The van der Waals surface area contributed by atoms with Gasteiger partial charge in [0.05, 0.1) is 11.5 Å². The fourth-order valence-corrected chi connectivity index (χ4v) is 2.04. The number of fused-ring (bicyclic) bond motifs is 1. The SMILES string of the molecule is Cn1cnnc1Cn1ccc2cc([N+](=O)[O-])ccc21. The molecule has 0 aliphatic rings. The van der Waals surface area contributed by atoms with E-state index in [0.717, 1.165) is 16.7 Å². The molecule has 96 valence electrons. The summed E-state index contributed by atoms with van der Waals surface area (Å²) in [6, 6.07) is 6.69. The lowest BCUT2D eigenvalue weighted by molar-refractivity contribution is -0.384. The normalized spacial score (nSPS) is 11.0. The number of nitro benzene ring substituents is 1. The minimum atomic E-state index is -0.389. The van der Waals surface area contributed by atoms with Gasteiger partial charge >= 0.3 is 0 Å². The second kappa shape index (κ2) is 4.20. The van der Waals surface area contributed by atoms with Crippen LogP contribution < -0.4 is 0 Å². The van der Waals surface area contributed by atoms with E-state index in [1.807, 2.05) is 28.4 Å². The van der Waals surface area contributed by atoms with Crippen LogP contribution in [0.2, 0.25) is 0 Å². The molecule has 0 unspecified atom stereocenters. The van der Waals surface area contributed by atoms with Crippen LogP contribution in [0.3, 0.4) is 0 Å². The minimum Gasteiger partial charge on any atom is -0.340 e. The molecule has 0 aliphatic heterocycles. The standard InChI is InChI=1S/C12H11N5O2/c1-15-8-13-14-12(15)7-16-5-4-9-6-10(17(18)19)2-3-11(9)16/h2-6,8H,7H2,1H3. The second-order valence-electron chi connectivity index (χ2n) is 4.30. The quantitative estimate of drug-likeness (QED) is 0.528. The zero-order valence-electron chi connectivity index (χ0n) is 10.2. The molecule has 2 heterocycles. The monoisotopic (exact) mass is 257 g/mol. The van der Waals surface area contributed by atoms with E-state index in [1.54, 1.807) is 18.5 Å². The van der Waals surface area contributed by atoms with Gasteiger partial charge in [-0.3, -0.25) is 10.1 Å². The van der Waals surface area contributed by atoms with E-state index in [-0.39, 0.29) is 10.6 Å². The summed E-state index contributed by atoms with van der Waals surface area (Å²) >= 11 is 0. The van der Waals surface area contributed by atoms with Gasteiger partial charge < -0.3 is 9.13 Å². The molecule has 0 bridgehead atoms. The number of non-ortho nitro benzene ring substituents is 1. The van der Waals surface area contributed by atoms with Gasteiger partial charge in [0.1, 0.15) is 6.33 Å². The number of hydrogen-bond donors (Lipinski definition) is 0. The molecule has 19 heavy (non-hydrogen) atoms. The van der Waals surface area contributed by atoms with Crippen molar-refractivity contribution in [1.82, 2.24) is 19.3 Å². The van der Waals surface area contributed by atoms with Crippen molar-refractivity contribution in [3.63, 3.8) is 0 Å². The number of rotatable bonds is 3. The number of benzene rings is 1. The summed E-state index contributed by atoms with van der Waals surface area (Å²) in [4.78, 5) is 10.3. The summed E-state index contributed by atoms with van der Waals surface area (Å²) in [6.07, 6.45) is 3.54. The first-order valence-electron chi connectivity index (χ1n) is 5.71. The van der Waals surface area contributed by atoms with Crippen molar-refractivity contribution in [2.24, 2.45) is 7.05 Å². The van der Waals surface area contributed by atoms with Crippen LogP contribution in [-0.2, 0) is 13.6 Å². The van der Waals surface area contributed by atoms with Crippen molar-refractivity contribution in [1.29, 1.82) is 0 Å². The summed E-state index contributed by atoms with van der Waals surface area (Å²) in [5.41, 5.74) is 1.04. The summed E-state index contributed by atoms with van der Waals surface area (Å²) in [5.74, 6) is 0.829. The van der Waals surface area contributed by atoms with Crippen molar-refractivity contribution < 1.29 is 4.92 Å². The van der Waals surface area contributed by atoms with Crippen LogP contribution in [0.25, 0.3) is 10.9 Å². The van der Waals surface area contributed by atoms with Crippen LogP contribution in [0.15, 0.2) is 36.8 Å². The summed E-state index contributed by atoms with van der Waals surface area (Å²) in [5, 5.41) is 19.4. The highest BCUT2D eigenvalue weighted by atomic mass is 16.6. The molecular weight excluding hydrogens is 246 g/mol. The van der Waals surface area contributed by atoms with Gasteiger partial charge in [0, 0.05) is 36.3 Å². The Morgan fingerprint density at radius 1 is 1.37 bits per heavy atom. The van der Waals surface area contributed by atoms with Crippen LogP contribution in [0.5, 0.6) is 0 Å². The van der Waals surface area contributed by atoms with E-state index in [1.165, 1.54) is 6.07 Å². The molecule has 7 heteroatoms. The lowest BCUT2D eigenvalue weighted by atomic mass is 10.2. The largest absolute Gasteiger partial charge is 0.340 e. The van der Waals surface area contributed by atoms with Gasteiger partial charge in [-0.2, -0.15) is 0 Å². The Hall–Kier alpha value is -2.70. The molecule has 0 spiro atoms. The van der Waals surface area contributed by atoms with Gasteiger partial charge in [-0.25, -0.2) is 0 Å². The van der Waals surface area contributed by atoms with Crippen molar-refractivity contribution in [2.45, 2.75) is 6.54 Å². The zero-order chi connectivity index (χ0) is 13.4. The molecule has 0 saturated heterocycles. The van der Waals surface area contributed by atoms with Gasteiger partial charge in [-0.15, -0.1) is 10.2 Å². The van der Waals surface area contributed by atoms with Gasteiger partial charge in [-0.05, 0) is 12.1 Å². The molecule has 1 aromatic carbocycles. The molecule has 2 aromatic heterocycles. The lowest BCUT2D eigenvalue weighted by Gasteiger charge is -2.04. The van der Waals surface area contributed by atoms with Crippen molar-refractivity contribution in [2.75, 3.05) is 0 Å². The number of nitro groups is 1. The average Bonchev–Trinajstić information content (AvgIpc) is 2.97. The Morgan fingerprint density at radius 2 is 2.21 bits per heavy atom. The highest BCUT2D eigenvalue weighted by molar-refractivity contribution is 5.82. The van der Waals surface area contributed by atoms with Crippen LogP contribution >= 0.6 is 0 Å². The first kappa shape index (κ1) is 11.4. The van der Waals surface area contributed by atoms with E-state index >= 15 is 0 Å². The predicted molar refractivity (Wildman–Crippen MR) is 68.7 cm³/mol. The molecule has 0 fully saturated rings. The van der Waals surface area contributed by atoms with E-state index in [4.69, 9.17) is 0 Å². The number of aromatic nitrogens is 4. The second-order valence-corrected chi connectivity index (χ2v) is 4.30. The third kappa shape index (κ3) is 1.95. The topological polar surface area (TPSA) is 78.8 Å². The van der Waals surface area contributed by atoms with E-state index in [0.29, 0.717) is 6.54 Å². The fraction of sp³-hybridized carbons (Fsp3) is 0.167. The third-order valence-corrected chi connectivity index (χ3v) is 3.08. The zero-order valence-corrected chi connectivity index (χ0v) is 10.2. The maximum Gasteiger partial charge on any atom is 0.270 e. The predicted octanol–water partition coefficient (Wildman–Crippen LogP) is 1.73. The van der Waals surface area contributed by atoms with Crippen molar-refractivity contribution >= 4 is 16.6 Å². The molecule has 7 nitrogen and oxygen atoms in total. The molecule has 0 N–H and O–H groups in total. The molecular formula is C12H11N5O2. The fourth-order valence-electron chi connectivity index (χ4n) is 2.04. The highest BCUT2D eigenvalue weighted by Gasteiger charge is 2.10. The maximum atomic E-state index is 10.7. The third-order valence-electron chi connectivity index (χ3n) is 3.08. The molecule has 0 amide bonds. The molecule has 3 rings (SSSR count). The number of nitrogens with zero attached hydrogens (tertiary/aromatic N) is 5. The summed E-state index contributed by atoms with van der Waals surface area (Å²) in [7, 11) is 1.88. The molecule has 3 aromatic rings. The Bertz CT molecular complexity index is 758. The Labute approximate surface area is 108 Å². The molecule has 0 aliphatic carbocycles.